The van der Waals surface area contributed by atoms with Gasteiger partial charge >= 0.3 is 0 Å². The van der Waals surface area contributed by atoms with Crippen LogP contribution in [0.4, 0.5) is 11.4 Å². The molecule has 4 heteroatoms. The molecule has 28 heavy (non-hydrogen) atoms. The van der Waals surface area contributed by atoms with Crippen LogP contribution in [0.25, 0.3) is 6.08 Å². The van der Waals surface area contributed by atoms with Gasteiger partial charge < -0.3 is 10.6 Å². The summed E-state index contributed by atoms with van der Waals surface area (Å²) >= 11 is 0. The van der Waals surface area contributed by atoms with Gasteiger partial charge in [-0.3, -0.25) is 9.59 Å². The van der Waals surface area contributed by atoms with Crippen LogP contribution in [0.2, 0.25) is 0 Å². The highest BCUT2D eigenvalue weighted by Gasteiger charge is 2.03. The molecule has 140 valence electrons. The number of allylic oxidation sites excluding steroid dienone is 1. The summed E-state index contributed by atoms with van der Waals surface area (Å²) in [5.74, 6) is 5.57. The maximum Gasteiger partial charge on any atom is 0.250 e. The summed E-state index contributed by atoms with van der Waals surface area (Å²) in [4.78, 5) is 23.4. The van der Waals surface area contributed by atoms with Crippen molar-refractivity contribution in [2.75, 3.05) is 10.6 Å². The Labute approximate surface area is 165 Å². The van der Waals surface area contributed by atoms with Crippen molar-refractivity contribution < 1.29 is 9.59 Å². The largest absolute Gasteiger partial charge is 0.322 e. The van der Waals surface area contributed by atoms with Crippen LogP contribution < -0.4 is 10.6 Å². The van der Waals surface area contributed by atoms with Gasteiger partial charge in [0.1, 0.15) is 0 Å². The van der Waals surface area contributed by atoms with Crippen LogP contribution in [0.5, 0.6) is 0 Å². The van der Waals surface area contributed by atoms with Gasteiger partial charge in [0.25, 0.3) is 11.8 Å². The number of anilines is 2. The van der Waals surface area contributed by atoms with E-state index in [1.165, 1.54) is 0 Å². The van der Waals surface area contributed by atoms with Crippen LogP contribution >= 0.6 is 0 Å². The van der Waals surface area contributed by atoms with E-state index in [1.807, 2.05) is 42.5 Å². The van der Waals surface area contributed by atoms with E-state index < -0.39 is 0 Å². The Kier molecular flexibility index (Phi) is 7.13. The first-order valence-corrected chi connectivity index (χ1v) is 8.67. The molecule has 0 aliphatic carbocycles. The summed E-state index contributed by atoms with van der Waals surface area (Å²) in [5, 5.41) is 5.54. The maximum atomic E-state index is 11.7. The van der Waals surface area contributed by atoms with Gasteiger partial charge in [-0.2, -0.15) is 0 Å². The summed E-state index contributed by atoms with van der Waals surface area (Å²) in [6.07, 6.45) is 3.59. The molecule has 0 aromatic heterocycles. The minimum atomic E-state index is -0.219. The van der Waals surface area contributed by atoms with Gasteiger partial charge in [-0.1, -0.05) is 43.2 Å². The van der Waals surface area contributed by atoms with E-state index in [-0.39, 0.29) is 11.8 Å². The van der Waals surface area contributed by atoms with Crippen molar-refractivity contribution in [2.45, 2.75) is 13.8 Å². The Hall–Kier alpha value is -3.84. The third kappa shape index (κ3) is 6.47. The molecule has 0 aliphatic rings. The highest BCUT2D eigenvalue weighted by Crippen LogP contribution is 2.13. The Bertz CT molecular complexity index is 1020. The summed E-state index contributed by atoms with van der Waals surface area (Å²) in [6, 6.07) is 14.7. The fourth-order valence-electron chi connectivity index (χ4n) is 2.13. The van der Waals surface area contributed by atoms with E-state index in [0.29, 0.717) is 22.5 Å². The molecule has 2 aromatic rings. The van der Waals surface area contributed by atoms with Crippen LogP contribution in [0, 0.1) is 11.8 Å². The standard InChI is InChI=1S/C24H22N2O2/c1-17(2)23(27)25-21-13-7-11-19(15-21)9-5-6-10-20-12-8-14-22(16-20)26-24(28)18(3)4/h5,7-9,11-16H,1,3H2,2,4H3,(H,25,27)(H,26,28)/b9-5+. The van der Waals surface area contributed by atoms with Crippen LogP contribution in [0.3, 0.4) is 0 Å². The van der Waals surface area contributed by atoms with Crippen LogP contribution in [-0.4, -0.2) is 11.8 Å². The summed E-state index contributed by atoms with van der Waals surface area (Å²) in [6.45, 7) is 10.6. The predicted molar refractivity (Wildman–Crippen MR) is 116 cm³/mol. The minimum absolute atomic E-state index is 0.209. The number of rotatable bonds is 5. The van der Waals surface area contributed by atoms with E-state index in [4.69, 9.17) is 0 Å². The second-order valence-electron chi connectivity index (χ2n) is 6.28. The topological polar surface area (TPSA) is 58.2 Å². The molecule has 0 atom stereocenters. The molecule has 0 fully saturated rings. The first-order chi connectivity index (χ1) is 13.3. The van der Waals surface area contributed by atoms with Crippen LogP contribution in [0.15, 0.2) is 78.9 Å². The van der Waals surface area contributed by atoms with E-state index in [9.17, 15) is 9.59 Å². The average molecular weight is 370 g/mol. The fourth-order valence-corrected chi connectivity index (χ4v) is 2.13. The Balaban J connectivity index is 2.05. The summed E-state index contributed by atoms with van der Waals surface area (Å²) < 4.78 is 0. The van der Waals surface area contributed by atoms with E-state index in [1.54, 1.807) is 32.1 Å². The normalized spacial score (nSPS) is 9.93. The molecular formula is C24H22N2O2. The number of hydrogen-bond donors (Lipinski definition) is 2. The lowest BCUT2D eigenvalue weighted by atomic mass is 10.1. The summed E-state index contributed by atoms with van der Waals surface area (Å²) in [7, 11) is 0. The lowest BCUT2D eigenvalue weighted by Crippen LogP contribution is -2.11. The molecule has 2 N–H and O–H groups in total. The molecule has 4 nitrogen and oxygen atoms in total. The number of benzene rings is 2. The second-order valence-corrected chi connectivity index (χ2v) is 6.28. The third-order valence-electron chi connectivity index (χ3n) is 3.62. The van der Waals surface area contributed by atoms with E-state index in [0.717, 1.165) is 11.1 Å². The molecule has 0 spiro atoms. The van der Waals surface area contributed by atoms with Crippen molar-refractivity contribution in [3.05, 3.63) is 90.0 Å². The second kappa shape index (κ2) is 9.75. The van der Waals surface area contributed by atoms with Gasteiger partial charge in [0.15, 0.2) is 0 Å². The fraction of sp³-hybridized carbons (Fsp3) is 0.0833. The highest BCUT2D eigenvalue weighted by atomic mass is 16.2. The molecule has 2 rings (SSSR count). The molecular weight excluding hydrogens is 348 g/mol. The predicted octanol–water partition coefficient (Wildman–Crippen LogP) is 4.78. The average Bonchev–Trinajstić information content (AvgIpc) is 2.65. The van der Waals surface area contributed by atoms with E-state index in [2.05, 4.69) is 35.6 Å². The van der Waals surface area contributed by atoms with Crippen molar-refractivity contribution in [3.8, 4) is 11.8 Å². The van der Waals surface area contributed by atoms with Gasteiger partial charge in [0.05, 0.1) is 0 Å². The van der Waals surface area contributed by atoms with Crippen molar-refractivity contribution >= 4 is 29.3 Å². The quantitative estimate of drug-likeness (QED) is 0.588. The number of amides is 2. The smallest absolute Gasteiger partial charge is 0.250 e. The van der Waals surface area contributed by atoms with Crippen molar-refractivity contribution in [1.29, 1.82) is 0 Å². The Morgan fingerprint density at radius 1 is 0.893 bits per heavy atom. The molecule has 0 radical (unpaired) electrons. The van der Waals surface area contributed by atoms with Crippen molar-refractivity contribution in [3.63, 3.8) is 0 Å². The maximum absolute atomic E-state index is 11.7. The molecule has 2 amide bonds. The molecule has 0 saturated carbocycles. The lowest BCUT2D eigenvalue weighted by molar-refractivity contribution is -0.113. The lowest BCUT2D eigenvalue weighted by Gasteiger charge is -2.05. The molecule has 0 saturated heterocycles. The zero-order valence-electron chi connectivity index (χ0n) is 16.0. The summed E-state index contributed by atoms with van der Waals surface area (Å²) in [5.41, 5.74) is 3.96. The first kappa shape index (κ1) is 20.5. The third-order valence-corrected chi connectivity index (χ3v) is 3.62. The Morgan fingerprint density at radius 3 is 2.07 bits per heavy atom. The molecule has 0 aliphatic heterocycles. The highest BCUT2D eigenvalue weighted by molar-refractivity contribution is 6.03. The monoisotopic (exact) mass is 370 g/mol. The van der Waals surface area contributed by atoms with Gasteiger partial charge in [0, 0.05) is 28.1 Å². The zero-order valence-corrected chi connectivity index (χ0v) is 16.0. The van der Waals surface area contributed by atoms with Gasteiger partial charge in [-0.25, -0.2) is 0 Å². The number of carbonyl (C=O) groups is 2. The first-order valence-electron chi connectivity index (χ1n) is 8.67. The van der Waals surface area contributed by atoms with E-state index >= 15 is 0 Å². The van der Waals surface area contributed by atoms with Gasteiger partial charge in [-0.05, 0) is 61.9 Å². The van der Waals surface area contributed by atoms with Crippen LogP contribution in [-0.2, 0) is 9.59 Å². The van der Waals surface area contributed by atoms with Gasteiger partial charge in [-0.15, -0.1) is 0 Å². The molecule has 0 unspecified atom stereocenters. The van der Waals surface area contributed by atoms with Crippen LogP contribution in [0.1, 0.15) is 25.0 Å². The molecule has 2 aromatic carbocycles. The number of nitrogens with one attached hydrogen (secondary N) is 2. The zero-order chi connectivity index (χ0) is 20.5. The van der Waals surface area contributed by atoms with Crippen molar-refractivity contribution in [2.24, 2.45) is 0 Å². The molecule has 0 bridgehead atoms. The Morgan fingerprint density at radius 2 is 1.46 bits per heavy atom. The van der Waals surface area contributed by atoms with Gasteiger partial charge in [0.2, 0.25) is 0 Å². The molecule has 0 heterocycles. The minimum Gasteiger partial charge on any atom is -0.322 e. The van der Waals surface area contributed by atoms with Crippen molar-refractivity contribution in [1.82, 2.24) is 0 Å². The number of carbonyl (C=O) groups excluding carboxylic acids is 2. The number of hydrogen-bond acceptors (Lipinski definition) is 2. The SMILES string of the molecule is C=C(C)C(=O)Nc1cccc(C#C/C=C/c2cccc(NC(=O)C(=C)C)c2)c1.